The lowest BCUT2D eigenvalue weighted by atomic mass is 10.0. The van der Waals surface area contributed by atoms with Gasteiger partial charge in [-0.25, -0.2) is 0 Å². The van der Waals surface area contributed by atoms with Crippen LogP contribution in [-0.2, 0) is 11.2 Å². The van der Waals surface area contributed by atoms with Crippen LogP contribution < -0.4 is 4.74 Å². The average Bonchev–Trinajstić information content (AvgIpc) is 2.54. The minimum atomic E-state index is -1.07. The summed E-state index contributed by atoms with van der Waals surface area (Å²) in [4.78, 5) is 22.9. The van der Waals surface area contributed by atoms with Gasteiger partial charge in [0.25, 0.3) is 0 Å². The zero-order valence-corrected chi connectivity index (χ0v) is 12.5. The molecular formula is C18H16O5. The van der Waals surface area contributed by atoms with Crippen LogP contribution >= 0.6 is 0 Å². The van der Waals surface area contributed by atoms with Gasteiger partial charge in [0, 0.05) is 11.1 Å². The number of carboxylic acid groups (broad SMARTS) is 1. The Kier molecular flexibility index (Phi) is 5.15. The van der Waals surface area contributed by atoms with Gasteiger partial charge in [-0.2, -0.15) is 0 Å². The molecule has 0 aliphatic carbocycles. The Morgan fingerprint density at radius 3 is 2.43 bits per heavy atom. The van der Waals surface area contributed by atoms with Crippen molar-refractivity contribution < 1.29 is 24.5 Å². The van der Waals surface area contributed by atoms with E-state index in [1.165, 1.54) is 24.3 Å². The van der Waals surface area contributed by atoms with Crippen molar-refractivity contribution in [1.82, 2.24) is 0 Å². The third-order valence-corrected chi connectivity index (χ3v) is 3.25. The number of rotatable bonds is 6. The Bertz CT molecular complexity index is 745. The molecule has 23 heavy (non-hydrogen) atoms. The molecule has 2 aromatic rings. The monoisotopic (exact) mass is 312 g/mol. The molecule has 0 spiro atoms. The molecule has 0 aliphatic rings. The molecule has 2 N–H and O–H groups in total. The zero-order chi connectivity index (χ0) is 16.8. The van der Waals surface area contributed by atoms with E-state index in [0.29, 0.717) is 5.56 Å². The molecule has 0 aliphatic heterocycles. The molecule has 0 saturated carbocycles. The smallest absolute Gasteiger partial charge is 0.307 e. The van der Waals surface area contributed by atoms with E-state index in [9.17, 15) is 14.7 Å². The van der Waals surface area contributed by atoms with Crippen LogP contribution in [0.2, 0.25) is 0 Å². The van der Waals surface area contributed by atoms with Gasteiger partial charge in [-0.15, -0.1) is 0 Å². The lowest BCUT2D eigenvalue weighted by molar-refractivity contribution is -0.136. The molecule has 0 amide bonds. The number of aromatic hydroxyl groups is 1. The van der Waals surface area contributed by atoms with Gasteiger partial charge in [0.05, 0.1) is 13.5 Å². The van der Waals surface area contributed by atoms with Gasteiger partial charge in [0.1, 0.15) is 11.5 Å². The van der Waals surface area contributed by atoms with E-state index in [0.717, 1.165) is 11.3 Å². The van der Waals surface area contributed by atoms with Crippen LogP contribution in [-0.4, -0.2) is 29.1 Å². The number of ketones is 1. The molecule has 0 bridgehead atoms. The van der Waals surface area contributed by atoms with Gasteiger partial charge in [-0.1, -0.05) is 18.2 Å². The quantitative estimate of drug-likeness (QED) is 0.633. The van der Waals surface area contributed by atoms with E-state index in [4.69, 9.17) is 9.84 Å². The summed E-state index contributed by atoms with van der Waals surface area (Å²) in [5.74, 6) is -0.750. The molecule has 0 atom stereocenters. The lowest BCUT2D eigenvalue weighted by Crippen LogP contribution is -2.02. The summed E-state index contributed by atoms with van der Waals surface area (Å²) in [6.07, 6.45) is 2.72. The third-order valence-electron chi connectivity index (χ3n) is 3.25. The second-order valence-electron chi connectivity index (χ2n) is 4.88. The molecule has 0 heterocycles. The molecule has 2 aromatic carbocycles. The third kappa shape index (κ3) is 4.44. The fourth-order valence-electron chi connectivity index (χ4n) is 2.03. The van der Waals surface area contributed by atoms with E-state index in [1.807, 2.05) is 12.1 Å². The van der Waals surface area contributed by atoms with Crippen molar-refractivity contribution in [2.75, 3.05) is 7.11 Å². The topological polar surface area (TPSA) is 83.8 Å². The maximum absolute atomic E-state index is 12.1. The van der Waals surface area contributed by atoms with Crippen LogP contribution in [0.3, 0.4) is 0 Å². The first-order valence-corrected chi connectivity index (χ1v) is 6.90. The minimum Gasteiger partial charge on any atom is -0.508 e. The number of aliphatic carboxylic acids is 1. The normalized spacial score (nSPS) is 10.7. The average molecular weight is 312 g/mol. The SMILES string of the molecule is COc1ccc(/C=C/C(=O)c2ccc(O)c(CC(=O)O)c2)cc1. The number of hydrogen-bond donors (Lipinski definition) is 2. The molecule has 0 aromatic heterocycles. The van der Waals surface area contributed by atoms with Crippen LogP contribution in [0.15, 0.2) is 48.5 Å². The highest BCUT2D eigenvalue weighted by Crippen LogP contribution is 2.20. The molecule has 5 nitrogen and oxygen atoms in total. The highest BCUT2D eigenvalue weighted by atomic mass is 16.5. The van der Waals surface area contributed by atoms with Gasteiger partial charge in [-0.3, -0.25) is 9.59 Å². The first-order valence-electron chi connectivity index (χ1n) is 6.90. The van der Waals surface area contributed by atoms with Crippen LogP contribution in [0.1, 0.15) is 21.5 Å². The number of methoxy groups -OCH3 is 1. The van der Waals surface area contributed by atoms with Gasteiger partial charge < -0.3 is 14.9 Å². The number of hydrogen-bond acceptors (Lipinski definition) is 4. The molecule has 0 saturated heterocycles. The van der Waals surface area contributed by atoms with E-state index in [-0.39, 0.29) is 23.5 Å². The Hall–Kier alpha value is -3.08. The summed E-state index contributed by atoms with van der Waals surface area (Å²) in [5, 5.41) is 18.4. The van der Waals surface area contributed by atoms with Gasteiger partial charge in [-0.05, 0) is 42.0 Å². The fraction of sp³-hybridized carbons (Fsp3) is 0.111. The summed E-state index contributed by atoms with van der Waals surface area (Å²) >= 11 is 0. The van der Waals surface area contributed by atoms with Crippen molar-refractivity contribution in [3.05, 3.63) is 65.2 Å². The van der Waals surface area contributed by atoms with E-state index in [2.05, 4.69) is 0 Å². The molecule has 0 unspecified atom stereocenters. The Morgan fingerprint density at radius 1 is 1.13 bits per heavy atom. The summed E-state index contributed by atoms with van der Waals surface area (Å²) in [6, 6.07) is 11.4. The maximum atomic E-state index is 12.1. The van der Waals surface area contributed by atoms with Crippen LogP contribution in [0.4, 0.5) is 0 Å². The molecule has 2 rings (SSSR count). The molecular weight excluding hydrogens is 296 g/mol. The summed E-state index contributed by atoms with van der Waals surface area (Å²) in [5.41, 5.74) is 1.37. The van der Waals surface area contributed by atoms with Crippen molar-refractivity contribution in [3.63, 3.8) is 0 Å². The standard InChI is InChI=1S/C18H16O5/c1-23-15-6-2-12(3-7-15)4-8-16(19)13-5-9-17(20)14(10-13)11-18(21)22/h2-10,20H,11H2,1H3,(H,21,22)/b8-4+. The predicted molar refractivity (Wildman–Crippen MR) is 85.8 cm³/mol. The van der Waals surface area contributed by atoms with Crippen molar-refractivity contribution >= 4 is 17.8 Å². The van der Waals surface area contributed by atoms with Crippen molar-refractivity contribution in [3.8, 4) is 11.5 Å². The minimum absolute atomic E-state index is 0.136. The van der Waals surface area contributed by atoms with Crippen LogP contribution in [0, 0.1) is 0 Å². The molecule has 0 fully saturated rings. The number of phenols is 1. The highest BCUT2D eigenvalue weighted by molar-refractivity contribution is 6.07. The van der Waals surface area contributed by atoms with E-state index >= 15 is 0 Å². The molecule has 118 valence electrons. The summed E-state index contributed by atoms with van der Waals surface area (Å²) in [7, 11) is 1.58. The Balaban J connectivity index is 2.16. The van der Waals surface area contributed by atoms with Crippen LogP contribution in [0.25, 0.3) is 6.08 Å². The van der Waals surface area contributed by atoms with Crippen LogP contribution in [0.5, 0.6) is 11.5 Å². The molecule has 5 heteroatoms. The van der Waals surface area contributed by atoms with Crippen molar-refractivity contribution in [2.45, 2.75) is 6.42 Å². The number of ether oxygens (including phenoxy) is 1. The number of allylic oxidation sites excluding steroid dienone is 1. The maximum Gasteiger partial charge on any atom is 0.307 e. The number of carboxylic acids is 1. The fourth-order valence-corrected chi connectivity index (χ4v) is 2.03. The first kappa shape index (κ1) is 16.3. The van der Waals surface area contributed by atoms with Crippen molar-refractivity contribution in [1.29, 1.82) is 0 Å². The molecule has 0 radical (unpaired) electrons. The predicted octanol–water partition coefficient (Wildman–Crippen LogP) is 2.92. The number of benzene rings is 2. The number of phenolic OH excluding ortho intramolecular Hbond substituents is 1. The van der Waals surface area contributed by atoms with Gasteiger partial charge in [0.2, 0.25) is 0 Å². The van der Waals surface area contributed by atoms with E-state index < -0.39 is 5.97 Å². The second kappa shape index (κ2) is 7.26. The van der Waals surface area contributed by atoms with Gasteiger partial charge in [0.15, 0.2) is 5.78 Å². The van der Waals surface area contributed by atoms with Gasteiger partial charge >= 0.3 is 5.97 Å². The first-order chi connectivity index (χ1) is 11.0. The Labute approximate surface area is 133 Å². The second-order valence-corrected chi connectivity index (χ2v) is 4.88. The zero-order valence-electron chi connectivity index (χ0n) is 12.5. The van der Waals surface area contributed by atoms with Crippen molar-refractivity contribution in [2.24, 2.45) is 0 Å². The van der Waals surface area contributed by atoms with E-state index in [1.54, 1.807) is 25.3 Å². The number of carbonyl (C=O) groups is 2. The largest absolute Gasteiger partial charge is 0.508 e. The Morgan fingerprint density at radius 2 is 1.83 bits per heavy atom. The summed E-state index contributed by atoms with van der Waals surface area (Å²) in [6.45, 7) is 0. The summed E-state index contributed by atoms with van der Waals surface area (Å²) < 4.78 is 5.06. The highest BCUT2D eigenvalue weighted by Gasteiger charge is 2.10. The number of carbonyl (C=O) groups excluding carboxylic acids is 1. The lowest BCUT2D eigenvalue weighted by Gasteiger charge is -2.04.